The summed E-state index contributed by atoms with van der Waals surface area (Å²) in [6.45, 7) is 0.164. The Balaban J connectivity index is 1.51. The van der Waals surface area contributed by atoms with E-state index in [0.717, 1.165) is 11.1 Å². The third kappa shape index (κ3) is 3.77. The van der Waals surface area contributed by atoms with Crippen molar-refractivity contribution < 1.29 is 14.3 Å². The van der Waals surface area contributed by atoms with Gasteiger partial charge < -0.3 is 19.4 Å². The third-order valence-corrected chi connectivity index (χ3v) is 6.69. The number of ether oxygens (including phenoxy) is 2. The largest absolute Gasteiger partial charge is 0.454 e. The van der Waals surface area contributed by atoms with E-state index in [-0.39, 0.29) is 24.7 Å². The number of nitrogens with zero attached hydrogens (tertiary/aromatic N) is 2. The van der Waals surface area contributed by atoms with E-state index in [1.54, 1.807) is 17.7 Å². The summed E-state index contributed by atoms with van der Waals surface area (Å²) in [7, 11) is 1.80. The van der Waals surface area contributed by atoms with Crippen LogP contribution in [0.2, 0.25) is 5.02 Å². The number of carbonyl (C=O) groups excluding carboxylic acids is 1. The maximum absolute atomic E-state index is 13.1. The van der Waals surface area contributed by atoms with Gasteiger partial charge >= 0.3 is 0 Å². The molecule has 1 amide bonds. The zero-order chi connectivity index (χ0) is 21.5. The molecule has 2 aliphatic heterocycles. The standard InChI is InChI=1S/C22H18ClN3O4S/c1-26-20-19(21(28)25-22(26)31-10-12-3-2-4-14(23)7-12)15(9-18(27)24-20)13-5-6-16-17(8-13)30-11-29-16/h2-8,15H,9-11H2,1H3,(H,24,27)/t15-/m0/s1. The van der Waals surface area contributed by atoms with Gasteiger partial charge in [-0.1, -0.05) is 41.6 Å². The summed E-state index contributed by atoms with van der Waals surface area (Å²) in [6, 6.07) is 13.0. The summed E-state index contributed by atoms with van der Waals surface area (Å²) in [5, 5.41) is 4.04. The molecule has 3 heterocycles. The number of aromatic nitrogens is 2. The van der Waals surface area contributed by atoms with Crippen LogP contribution in [0.15, 0.2) is 52.4 Å². The van der Waals surface area contributed by atoms with Gasteiger partial charge in [0.05, 0.1) is 5.56 Å². The van der Waals surface area contributed by atoms with Gasteiger partial charge in [-0.15, -0.1) is 0 Å². The van der Waals surface area contributed by atoms with Gasteiger partial charge in [0.1, 0.15) is 5.82 Å². The minimum Gasteiger partial charge on any atom is -0.454 e. The maximum atomic E-state index is 13.1. The van der Waals surface area contributed by atoms with E-state index in [0.29, 0.717) is 38.8 Å². The smallest absolute Gasteiger partial charge is 0.279 e. The molecule has 0 unspecified atom stereocenters. The van der Waals surface area contributed by atoms with Crippen molar-refractivity contribution in [2.45, 2.75) is 23.2 Å². The summed E-state index contributed by atoms with van der Waals surface area (Å²) in [5.74, 6) is 1.79. The first-order valence-corrected chi connectivity index (χ1v) is 11.0. The topological polar surface area (TPSA) is 82.5 Å². The summed E-state index contributed by atoms with van der Waals surface area (Å²) in [4.78, 5) is 29.9. The van der Waals surface area contributed by atoms with Gasteiger partial charge in [0.15, 0.2) is 16.7 Å². The molecule has 0 saturated carbocycles. The Morgan fingerprint density at radius 2 is 2.03 bits per heavy atom. The zero-order valence-electron chi connectivity index (χ0n) is 16.6. The molecule has 0 saturated heterocycles. The van der Waals surface area contributed by atoms with Crippen LogP contribution in [-0.4, -0.2) is 22.3 Å². The number of fused-ring (bicyclic) bond motifs is 2. The van der Waals surface area contributed by atoms with Gasteiger partial charge in [-0.25, -0.2) is 0 Å². The quantitative estimate of drug-likeness (QED) is 0.474. The Hall–Kier alpha value is -2.97. The Kier molecular flexibility index (Phi) is 5.11. The van der Waals surface area contributed by atoms with E-state index >= 15 is 0 Å². The van der Waals surface area contributed by atoms with Crippen molar-refractivity contribution in [2.24, 2.45) is 7.05 Å². The molecule has 158 valence electrons. The number of amides is 1. The molecule has 0 aliphatic carbocycles. The Morgan fingerprint density at radius 3 is 2.87 bits per heavy atom. The fourth-order valence-electron chi connectivity index (χ4n) is 3.85. The lowest BCUT2D eigenvalue weighted by Crippen LogP contribution is -2.33. The van der Waals surface area contributed by atoms with E-state index < -0.39 is 5.92 Å². The van der Waals surface area contributed by atoms with Crippen molar-refractivity contribution in [3.63, 3.8) is 0 Å². The average molecular weight is 456 g/mol. The maximum Gasteiger partial charge on any atom is 0.279 e. The van der Waals surface area contributed by atoms with E-state index in [4.69, 9.17) is 21.1 Å². The second-order valence-electron chi connectivity index (χ2n) is 7.36. The number of hydrogen-bond donors (Lipinski definition) is 1. The number of benzene rings is 2. The van der Waals surface area contributed by atoms with E-state index in [1.807, 2.05) is 36.4 Å². The van der Waals surface area contributed by atoms with Crippen molar-refractivity contribution in [2.75, 3.05) is 12.1 Å². The van der Waals surface area contributed by atoms with E-state index in [1.165, 1.54) is 11.8 Å². The van der Waals surface area contributed by atoms with Crippen molar-refractivity contribution in [3.8, 4) is 11.5 Å². The molecule has 5 rings (SSSR count). The molecular weight excluding hydrogens is 438 g/mol. The Bertz CT molecular complexity index is 1260. The van der Waals surface area contributed by atoms with Gasteiger partial charge in [-0.2, -0.15) is 4.98 Å². The van der Waals surface area contributed by atoms with Gasteiger partial charge in [-0.3, -0.25) is 9.59 Å². The monoisotopic (exact) mass is 455 g/mol. The lowest BCUT2D eigenvalue weighted by molar-refractivity contribution is -0.116. The van der Waals surface area contributed by atoms with Crippen LogP contribution in [0.1, 0.15) is 29.0 Å². The molecule has 0 bridgehead atoms. The first-order valence-electron chi connectivity index (χ1n) is 9.67. The van der Waals surface area contributed by atoms with Gasteiger partial charge in [0, 0.05) is 30.2 Å². The van der Waals surface area contributed by atoms with Crippen LogP contribution in [0.3, 0.4) is 0 Å². The molecule has 0 spiro atoms. The van der Waals surface area contributed by atoms with Crippen LogP contribution in [0.5, 0.6) is 11.5 Å². The molecule has 31 heavy (non-hydrogen) atoms. The number of halogens is 1. The zero-order valence-corrected chi connectivity index (χ0v) is 18.1. The predicted molar refractivity (Wildman–Crippen MR) is 118 cm³/mol. The van der Waals surface area contributed by atoms with Crippen LogP contribution < -0.4 is 20.3 Å². The van der Waals surface area contributed by atoms with E-state index in [2.05, 4.69) is 10.3 Å². The van der Waals surface area contributed by atoms with Crippen LogP contribution >= 0.6 is 23.4 Å². The van der Waals surface area contributed by atoms with Gasteiger partial charge in [0.25, 0.3) is 5.56 Å². The van der Waals surface area contributed by atoms with Gasteiger partial charge in [-0.05, 0) is 35.4 Å². The first-order chi connectivity index (χ1) is 15.0. The summed E-state index contributed by atoms with van der Waals surface area (Å²) in [5.41, 5.74) is 1.97. The molecule has 9 heteroatoms. The van der Waals surface area contributed by atoms with Crippen LogP contribution in [-0.2, 0) is 17.6 Å². The fraction of sp³-hybridized carbons (Fsp3) is 0.227. The summed E-state index contributed by atoms with van der Waals surface area (Å²) >= 11 is 7.47. The number of anilines is 1. The van der Waals surface area contributed by atoms with E-state index in [9.17, 15) is 9.59 Å². The SMILES string of the molecule is Cn1c(SCc2cccc(Cl)c2)nc(=O)c2c1NC(=O)C[C@H]2c1ccc2c(c1)OCO2. The van der Waals surface area contributed by atoms with Crippen LogP contribution in [0.4, 0.5) is 5.82 Å². The highest BCUT2D eigenvalue weighted by Crippen LogP contribution is 2.40. The molecule has 2 aromatic carbocycles. The van der Waals surface area contributed by atoms with Gasteiger partial charge in [0.2, 0.25) is 12.7 Å². The first kappa shape index (κ1) is 20.0. The number of thioether (sulfide) groups is 1. The molecule has 2 aliphatic rings. The highest BCUT2D eigenvalue weighted by molar-refractivity contribution is 7.98. The number of hydrogen-bond acceptors (Lipinski definition) is 6. The predicted octanol–water partition coefficient (Wildman–Crippen LogP) is 3.93. The Morgan fingerprint density at radius 1 is 1.19 bits per heavy atom. The molecule has 7 nitrogen and oxygen atoms in total. The number of nitrogens with one attached hydrogen (secondary N) is 1. The number of rotatable bonds is 4. The molecule has 1 aromatic heterocycles. The molecular formula is C22H18ClN3O4S. The Labute approximate surface area is 187 Å². The van der Waals surface area contributed by atoms with Crippen molar-refractivity contribution in [1.29, 1.82) is 0 Å². The highest BCUT2D eigenvalue weighted by Gasteiger charge is 2.33. The third-order valence-electron chi connectivity index (χ3n) is 5.36. The lowest BCUT2D eigenvalue weighted by Gasteiger charge is -2.27. The number of carbonyl (C=O) groups is 1. The molecule has 3 aromatic rings. The van der Waals surface area contributed by atoms with Crippen LogP contribution in [0, 0.1) is 0 Å². The molecule has 1 N–H and O–H groups in total. The van der Waals surface area contributed by atoms with Crippen molar-refractivity contribution >= 4 is 35.1 Å². The highest BCUT2D eigenvalue weighted by atomic mass is 35.5. The van der Waals surface area contributed by atoms with Crippen LogP contribution in [0.25, 0.3) is 0 Å². The average Bonchev–Trinajstić information content (AvgIpc) is 3.22. The molecule has 1 atom stereocenters. The summed E-state index contributed by atoms with van der Waals surface area (Å²) < 4.78 is 12.6. The van der Waals surface area contributed by atoms with Crippen molar-refractivity contribution in [3.05, 3.63) is 74.5 Å². The summed E-state index contributed by atoms with van der Waals surface area (Å²) in [6.07, 6.45) is 0.165. The normalized spacial score (nSPS) is 16.7. The minimum atomic E-state index is -0.406. The lowest BCUT2D eigenvalue weighted by atomic mass is 9.86. The second-order valence-corrected chi connectivity index (χ2v) is 8.74. The molecule has 0 fully saturated rings. The van der Waals surface area contributed by atoms with Crippen molar-refractivity contribution in [1.82, 2.24) is 9.55 Å². The molecule has 0 radical (unpaired) electrons. The second kappa shape index (κ2) is 7.94. The fourth-order valence-corrected chi connectivity index (χ4v) is 4.97. The minimum absolute atomic E-state index is 0.151.